The van der Waals surface area contributed by atoms with Crippen molar-refractivity contribution >= 4 is 0 Å². The van der Waals surface area contributed by atoms with Crippen molar-refractivity contribution in [3.63, 3.8) is 0 Å². The summed E-state index contributed by atoms with van der Waals surface area (Å²) in [7, 11) is 0. The third-order valence-corrected chi connectivity index (χ3v) is 12.1. The Kier molecular flexibility index (Phi) is 4.58. The Bertz CT molecular complexity index is 686. The highest BCUT2D eigenvalue weighted by Gasteiger charge is 2.68. The van der Waals surface area contributed by atoms with Crippen LogP contribution < -0.4 is 5.32 Å². The van der Waals surface area contributed by atoms with Gasteiger partial charge in [-0.25, -0.2) is 0 Å². The molecule has 6 aliphatic rings. The molecule has 1 spiro atoms. The van der Waals surface area contributed by atoms with E-state index >= 15 is 0 Å². The third-order valence-electron chi connectivity index (χ3n) is 12.1. The summed E-state index contributed by atoms with van der Waals surface area (Å²) in [6, 6.07) is 0. The maximum atomic E-state index is 10.3. The van der Waals surface area contributed by atoms with E-state index in [4.69, 9.17) is 4.74 Å². The summed E-state index contributed by atoms with van der Waals surface area (Å²) in [5.74, 6) is 5.57. The summed E-state index contributed by atoms with van der Waals surface area (Å²) < 4.78 is 7.01. The minimum absolute atomic E-state index is 0.0319. The minimum atomic E-state index is -0.0320. The third kappa shape index (κ3) is 2.61. The Labute approximate surface area is 184 Å². The molecule has 0 aromatic rings. The van der Waals surface area contributed by atoms with Crippen molar-refractivity contribution in [3.8, 4) is 0 Å². The number of piperidine rings is 1. The summed E-state index contributed by atoms with van der Waals surface area (Å²) in [4.78, 5) is 0. The van der Waals surface area contributed by atoms with Crippen LogP contribution in [0, 0.1) is 52.3 Å². The van der Waals surface area contributed by atoms with Crippen molar-refractivity contribution in [2.75, 3.05) is 6.54 Å². The van der Waals surface area contributed by atoms with Crippen LogP contribution in [0.5, 0.6) is 0 Å². The second-order valence-electron chi connectivity index (χ2n) is 13.3. The molecular weight excluding hydrogens is 370 g/mol. The van der Waals surface area contributed by atoms with Crippen molar-refractivity contribution in [3.05, 3.63) is 0 Å². The predicted octanol–water partition coefficient (Wildman–Crippen LogP) is 5.37. The van der Waals surface area contributed by atoms with Crippen molar-refractivity contribution in [1.82, 2.24) is 5.32 Å². The van der Waals surface area contributed by atoms with Crippen LogP contribution in [0.4, 0.5) is 0 Å². The van der Waals surface area contributed by atoms with Crippen molar-refractivity contribution in [2.45, 2.75) is 110 Å². The summed E-state index contributed by atoms with van der Waals surface area (Å²) in [6.45, 7) is 11.3. The summed E-state index contributed by atoms with van der Waals surface area (Å²) in [6.07, 6.45) is 13.2. The number of aliphatic hydroxyl groups is 1. The van der Waals surface area contributed by atoms with Crippen LogP contribution in [0.2, 0.25) is 0 Å². The highest BCUT2D eigenvalue weighted by atomic mass is 16.5. The first-order valence-electron chi connectivity index (χ1n) is 13.4. The fourth-order valence-electron chi connectivity index (χ4n) is 10.4. The number of aliphatic hydroxyl groups excluding tert-OH is 1. The van der Waals surface area contributed by atoms with Gasteiger partial charge in [0.05, 0.1) is 12.2 Å². The van der Waals surface area contributed by atoms with E-state index in [0.29, 0.717) is 22.9 Å². The van der Waals surface area contributed by atoms with Gasteiger partial charge in [-0.3, -0.25) is 5.32 Å². The van der Waals surface area contributed by atoms with E-state index in [1.165, 1.54) is 51.4 Å². The molecule has 3 nitrogen and oxygen atoms in total. The molecule has 2 heterocycles. The largest absolute Gasteiger partial charge is 0.393 e. The van der Waals surface area contributed by atoms with E-state index in [0.717, 1.165) is 54.9 Å². The average Bonchev–Trinajstić information content (AvgIpc) is 3.16. The van der Waals surface area contributed by atoms with Gasteiger partial charge < -0.3 is 9.84 Å². The van der Waals surface area contributed by atoms with E-state index in [9.17, 15) is 5.11 Å². The first kappa shape index (κ1) is 20.5. The molecule has 0 aromatic heterocycles. The molecule has 4 saturated carbocycles. The van der Waals surface area contributed by atoms with Crippen LogP contribution in [0.15, 0.2) is 0 Å². The molecule has 12 atom stereocenters. The van der Waals surface area contributed by atoms with Gasteiger partial charge in [-0.05, 0) is 111 Å². The van der Waals surface area contributed by atoms with Gasteiger partial charge in [-0.1, -0.05) is 27.7 Å². The number of rotatable bonds is 0. The standard InChI is InChI=1S/C27H45NO2/c1-16-7-12-27(28-15-16)17(2)24-23(30-27)14-22-20-6-5-18-13-19(29)8-10-25(18,3)21(20)9-11-26(22,24)4/h16-24,28-29H,5-15H2,1-4H3/t16?,17-,18?,19?,20-,21+,22+,23+,24+,25+,26+,27?/m1/s1. The molecule has 30 heavy (non-hydrogen) atoms. The van der Waals surface area contributed by atoms with Gasteiger partial charge in [-0.2, -0.15) is 0 Å². The molecule has 2 N–H and O–H groups in total. The number of ether oxygens (including phenoxy) is 1. The Morgan fingerprint density at radius 1 is 0.867 bits per heavy atom. The van der Waals surface area contributed by atoms with Gasteiger partial charge in [0.15, 0.2) is 0 Å². The molecule has 4 unspecified atom stereocenters. The Hall–Kier alpha value is -0.120. The molecule has 6 rings (SSSR count). The molecule has 2 aliphatic heterocycles. The number of hydrogen-bond donors (Lipinski definition) is 2. The van der Waals surface area contributed by atoms with Crippen LogP contribution in [-0.4, -0.2) is 29.6 Å². The van der Waals surface area contributed by atoms with E-state index in [1.807, 2.05) is 0 Å². The van der Waals surface area contributed by atoms with E-state index < -0.39 is 0 Å². The Morgan fingerprint density at radius 2 is 1.67 bits per heavy atom. The lowest BCUT2D eigenvalue weighted by molar-refractivity contribution is -0.140. The van der Waals surface area contributed by atoms with E-state index in [2.05, 4.69) is 33.0 Å². The van der Waals surface area contributed by atoms with Crippen LogP contribution in [0.3, 0.4) is 0 Å². The highest BCUT2D eigenvalue weighted by molar-refractivity contribution is 5.16. The number of nitrogens with one attached hydrogen (secondary N) is 1. The zero-order chi connectivity index (χ0) is 20.9. The van der Waals surface area contributed by atoms with Crippen molar-refractivity contribution in [2.24, 2.45) is 52.3 Å². The second-order valence-corrected chi connectivity index (χ2v) is 13.3. The molecule has 0 amide bonds. The zero-order valence-electron chi connectivity index (χ0n) is 19.8. The fourth-order valence-corrected chi connectivity index (χ4v) is 10.4. The van der Waals surface area contributed by atoms with Gasteiger partial charge in [0, 0.05) is 12.5 Å². The van der Waals surface area contributed by atoms with Crippen molar-refractivity contribution in [1.29, 1.82) is 0 Å². The fraction of sp³-hybridized carbons (Fsp3) is 1.00. The average molecular weight is 416 g/mol. The normalized spacial score (nSPS) is 62.5. The van der Waals surface area contributed by atoms with Crippen LogP contribution in [0.1, 0.15) is 91.9 Å². The second kappa shape index (κ2) is 6.70. The van der Waals surface area contributed by atoms with Crippen LogP contribution >= 0.6 is 0 Å². The molecule has 170 valence electrons. The van der Waals surface area contributed by atoms with E-state index in [1.54, 1.807) is 0 Å². The smallest absolute Gasteiger partial charge is 0.122 e. The van der Waals surface area contributed by atoms with E-state index in [-0.39, 0.29) is 11.8 Å². The highest BCUT2D eigenvalue weighted by Crippen LogP contribution is 2.71. The molecule has 3 heteroatoms. The molecule has 2 saturated heterocycles. The maximum Gasteiger partial charge on any atom is 0.122 e. The van der Waals surface area contributed by atoms with Gasteiger partial charge in [-0.15, -0.1) is 0 Å². The molecule has 0 bridgehead atoms. The lowest BCUT2D eigenvalue weighted by Gasteiger charge is -2.61. The first-order valence-corrected chi connectivity index (χ1v) is 13.4. The van der Waals surface area contributed by atoms with Crippen LogP contribution in [0.25, 0.3) is 0 Å². The lowest BCUT2D eigenvalue weighted by atomic mass is 9.44. The molecule has 4 aliphatic carbocycles. The monoisotopic (exact) mass is 415 g/mol. The maximum absolute atomic E-state index is 10.3. The number of hydrogen-bond acceptors (Lipinski definition) is 3. The SMILES string of the molecule is CC1CCC2(NC1)O[C@H]1C[C@H]3[C@@H]4CCC5CC(O)CC[C@]5(C)[C@H]4CC[C@]3(C)[C@H]1[C@H]2C. The van der Waals surface area contributed by atoms with Gasteiger partial charge >= 0.3 is 0 Å². The molecular formula is C27H45NO2. The summed E-state index contributed by atoms with van der Waals surface area (Å²) in [5, 5.41) is 14.2. The van der Waals surface area contributed by atoms with Gasteiger partial charge in [0.2, 0.25) is 0 Å². The summed E-state index contributed by atoms with van der Waals surface area (Å²) >= 11 is 0. The molecule has 0 radical (unpaired) electrons. The predicted molar refractivity (Wildman–Crippen MR) is 120 cm³/mol. The Balaban J connectivity index is 1.26. The molecule has 6 fully saturated rings. The van der Waals surface area contributed by atoms with Gasteiger partial charge in [0.1, 0.15) is 5.72 Å². The minimum Gasteiger partial charge on any atom is -0.393 e. The quantitative estimate of drug-likeness (QED) is 0.559. The zero-order valence-corrected chi connectivity index (χ0v) is 19.8. The van der Waals surface area contributed by atoms with Crippen molar-refractivity contribution < 1.29 is 9.84 Å². The lowest BCUT2D eigenvalue weighted by Crippen LogP contribution is -2.57. The topological polar surface area (TPSA) is 41.5 Å². The summed E-state index contributed by atoms with van der Waals surface area (Å²) in [5.41, 5.74) is 0.919. The number of fused-ring (bicyclic) bond motifs is 7. The Morgan fingerprint density at radius 3 is 2.43 bits per heavy atom. The van der Waals surface area contributed by atoms with Gasteiger partial charge in [0.25, 0.3) is 0 Å². The molecule has 0 aromatic carbocycles. The van der Waals surface area contributed by atoms with Crippen LogP contribution in [-0.2, 0) is 4.74 Å². The first-order chi connectivity index (χ1) is 14.3.